The molecule has 1 amide bonds. The van der Waals surface area contributed by atoms with E-state index in [1.807, 2.05) is 11.6 Å². The van der Waals surface area contributed by atoms with Crippen molar-refractivity contribution in [2.24, 2.45) is 13.0 Å². The molecule has 0 radical (unpaired) electrons. The standard InChI is InChI=1S/C12H20N4OS/c1-3-18-12-15-14-10(16(12)2)8-13-11(17)9-6-4-5-7-9/h9H,3-8H2,1-2H3,(H,13,17). The van der Waals surface area contributed by atoms with Gasteiger partial charge in [0.25, 0.3) is 0 Å². The third-order valence-corrected chi connectivity index (χ3v) is 4.25. The van der Waals surface area contributed by atoms with Crippen LogP contribution in [0.5, 0.6) is 0 Å². The van der Waals surface area contributed by atoms with E-state index in [1.165, 1.54) is 12.8 Å². The first-order valence-electron chi connectivity index (χ1n) is 6.51. The molecule has 100 valence electrons. The van der Waals surface area contributed by atoms with Gasteiger partial charge in [0.05, 0.1) is 6.54 Å². The Bertz CT molecular complexity index is 412. The second-order valence-corrected chi connectivity index (χ2v) is 5.82. The minimum Gasteiger partial charge on any atom is -0.349 e. The van der Waals surface area contributed by atoms with Gasteiger partial charge in [-0.25, -0.2) is 0 Å². The first-order valence-corrected chi connectivity index (χ1v) is 7.49. The molecule has 1 aromatic heterocycles. The van der Waals surface area contributed by atoms with Gasteiger partial charge in [-0.3, -0.25) is 4.79 Å². The summed E-state index contributed by atoms with van der Waals surface area (Å²) in [6.07, 6.45) is 4.42. The van der Waals surface area contributed by atoms with E-state index in [1.54, 1.807) is 11.8 Å². The molecule has 5 nitrogen and oxygen atoms in total. The summed E-state index contributed by atoms with van der Waals surface area (Å²) >= 11 is 1.66. The summed E-state index contributed by atoms with van der Waals surface area (Å²) < 4.78 is 1.95. The number of carbonyl (C=O) groups is 1. The number of rotatable bonds is 5. The number of nitrogens with one attached hydrogen (secondary N) is 1. The highest BCUT2D eigenvalue weighted by Gasteiger charge is 2.22. The maximum Gasteiger partial charge on any atom is 0.223 e. The van der Waals surface area contributed by atoms with Crippen LogP contribution in [0, 0.1) is 5.92 Å². The van der Waals surface area contributed by atoms with Crippen molar-refractivity contribution < 1.29 is 4.79 Å². The molecule has 0 spiro atoms. The summed E-state index contributed by atoms with van der Waals surface area (Å²) in [6.45, 7) is 2.56. The third kappa shape index (κ3) is 3.04. The van der Waals surface area contributed by atoms with Crippen LogP contribution in [0.3, 0.4) is 0 Å². The second kappa shape index (κ2) is 6.22. The van der Waals surface area contributed by atoms with Gasteiger partial charge in [-0.05, 0) is 18.6 Å². The molecular formula is C12H20N4OS. The largest absolute Gasteiger partial charge is 0.349 e. The fourth-order valence-corrected chi connectivity index (χ4v) is 2.91. The second-order valence-electron chi connectivity index (χ2n) is 4.59. The van der Waals surface area contributed by atoms with Crippen LogP contribution in [0.25, 0.3) is 0 Å². The van der Waals surface area contributed by atoms with Gasteiger partial charge in [-0.2, -0.15) is 0 Å². The highest BCUT2D eigenvalue weighted by atomic mass is 32.2. The Labute approximate surface area is 112 Å². The Morgan fingerprint density at radius 1 is 1.44 bits per heavy atom. The molecule has 1 aliphatic carbocycles. The molecule has 0 aromatic carbocycles. The van der Waals surface area contributed by atoms with E-state index in [2.05, 4.69) is 22.4 Å². The Morgan fingerprint density at radius 3 is 2.83 bits per heavy atom. The number of amides is 1. The summed E-state index contributed by atoms with van der Waals surface area (Å²) in [5.74, 6) is 2.17. The Hall–Kier alpha value is -1.04. The minimum atomic E-state index is 0.167. The molecule has 18 heavy (non-hydrogen) atoms. The quantitative estimate of drug-likeness (QED) is 0.826. The predicted octanol–water partition coefficient (Wildman–Crippen LogP) is 1.73. The molecule has 0 bridgehead atoms. The highest BCUT2D eigenvalue weighted by Crippen LogP contribution is 2.24. The van der Waals surface area contributed by atoms with Crippen LogP contribution >= 0.6 is 11.8 Å². The lowest BCUT2D eigenvalue weighted by Gasteiger charge is -2.09. The van der Waals surface area contributed by atoms with Gasteiger partial charge in [0.15, 0.2) is 11.0 Å². The molecule has 6 heteroatoms. The van der Waals surface area contributed by atoms with Crippen molar-refractivity contribution in [3.8, 4) is 0 Å². The number of thioether (sulfide) groups is 1. The molecule has 1 aliphatic rings. The maximum absolute atomic E-state index is 11.9. The van der Waals surface area contributed by atoms with Crippen LogP contribution in [0.15, 0.2) is 5.16 Å². The van der Waals surface area contributed by atoms with Gasteiger partial charge in [0.1, 0.15) is 0 Å². The molecule has 0 atom stereocenters. The van der Waals surface area contributed by atoms with Crippen molar-refractivity contribution in [2.75, 3.05) is 5.75 Å². The molecule has 1 heterocycles. The molecule has 1 N–H and O–H groups in total. The summed E-state index contributed by atoms with van der Waals surface area (Å²) in [6, 6.07) is 0. The first kappa shape index (κ1) is 13.4. The summed E-state index contributed by atoms with van der Waals surface area (Å²) in [7, 11) is 1.94. The van der Waals surface area contributed by atoms with Gasteiger partial charge < -0.3 is 9.88 Å². The number of nitrogens with zero attached hydrogens (tertiary/aromatic N) is 3. The fraction of sp³-hybridized carbons (Fsp3) is 0.750. The van der Waals surface area contributed by atoms with Crippen LogP contribution in [0.2, 0.25) is 0 Å². The first-order chi connectivity index (χ1) is 8.72. The van der Waals surface area contributed by atoms with Crippen LogP contribution in [0.4, 0.5) is 0 Å². The van der Waals surface area contributed by atoms with Crippen molar-refractivity contribution in [1.82, 2.24) is 20.1 Å². The Morgan fingerprint density at radius 2 is 2.17 bits per heavy atom. The lowest BCUT2D eigenvalue weighted by molar-refractivity contribution is -0.125. The minimum absolute atomic E-state index is 0.167. The number of aromatic nitrogens is 3. The van der Waals surface area contributed by atoms with Crippen molar-refractivity contribution >= 4 is 17.7 Å². The third-order valence-electron chi connectivity index (χ3n) is 3.35. The lowest BCUT2D eigenvalue weighted by Crippen LogP contribution is -2.29. The summed E-state index contributed by atoms with van der Waals surface area (Å²) in [5.41, 5.74) is 0. The van der Waals surface area contributed by atoms with Crippen molar-refractivity contribution in [3.63, 3.8) is 0 Å². The van der Waals surface area contributed by atoms with Crippen molar-refractivity contribution in [3.05, 3.63) is 5.82 Å². The van der Waals surface area contributed by atoms with Crippen LogP contribution in [-0.4, -0.2) is 26.4 Å². The molecule has 1 fully saturated rings. The van der Waals surface area contributed by atoms with E-state index in [0.29, 0.717) is 6.54 Å². The average Bonchev–Trinajstić information content (AvgIpc) is 2.99. The summed E-state index contributed by atoms with van der Waals surface area (Å²) in [5, 5.41) is 12.1. The van der Waals surface area contributed by atoms with Gasteiger partial charge >= 0.3 is 0 Å². The normalized spacial score (nSPS) is 16.1. The molecule has 1 saturated carbocycles. The number of carbonyl (C=O) groups excluding carboxylic acids is 1. The SMILES string of the molecule is CCSc1nnc(CNC(=O)C2CCCC2)n1C. The molecule has 0 aliphatic heterocycles. The van der Waals surface area contributed by atoms with Gasteiger partial charge in [0, 0.05) is 13.0 Å². The maximum atomic E-state index is 11.9. The zero-order valence-corrected chi connectivity index (χ0v) is 11.8. The van der Waals surface area contributed by atoms with Gasteiger partial charge in [-0.1, -0.05) is 31.5 Å². The molecular weight excluding hydrogens is 248 g/mol. The van der Waals surface area contributed by atoms with E-state index in [0.717, 1.165) is 29.6 Å². The predicted molar refractivity (Wildman–Crippen MR) is 71.2 cm³/mol. The smallest absolute Gasteiger partial charge is 0.223 e. The average molecular weight is 268 g/mol. The molecule has 1 aromatic rings. The van der Waals surface area contributed by atoms with E-state index in [9.17, 15) is 4.79 Å². The van der Waals surface area contributed by atoms with Crippen LogP contribution in [-0.2, 0) is 18.4 Å². The molecule has 0 unspecified atom stereocenters. The number of hydrogen-bond donors (Lipinski definition) is 1. The van der Waals surface area contributed by atoms with E-state index in [-0.39, 0.29) is 11.8 Å². The fourth-order valence-electron chi connectivity index (χ4n) is 2.25. The molecule has 2 rings (SSSR count). The van der Waals surface area contributed by atoms with Gasteiger partial charge in [0.2, 0.25) is 5.91 Å². The van der Waals surface area contributed by atoms with Gasteiger partial charge in [-0.15, -0.1) is 10.2 Å². The number of hydrogen-bond acceptors (Lipinski definition) is 4. The van der Waals surface area contributed by atoms with Crippen LogP contribution in [0.1, 0.15) is 38.4 Å². The topological polar surface area (TPSA) is 59.8 Å². The zero-order valence-electron chi connectivity index (χ0n) is 11.0. The highest BCUT2D eigenvalue weighted by molar-refractivity contribution is 7.99. The van der Waals surface area contributed by atoms with E-state index in [4.69, 9.17) is 0 Å². The summed E-state index contributed by atoms with van der Waals surface area (Å²) in [4.78, 5) is 11.9. The Balaban J connectivity index is 1.87. The van der Waals surface area contributed by atoms with Crippen molar-refractivity contribution in [2.45, 2.75) is 44.3 Å². The monoisotopic (exact) mass is 268 g/mol. The zero-order chi connectivity index (χ0) is 13.0. The Kier molecular flexibility index (Phi) is 4.63. The van der Waals surface area contributed by atoms with Crippen LogP contribution < -0.4 is 5.32 Å². The lowest BCUT2D eigenvalue weighted by atomic mass is 10.1. The van der Waals surface area contributed by atoms with E-state index >= 15 is 0 Å². The van der Waals surface area contributed by atoms with E-state index < -0.39 is 0 Å². The molecule has 0 saturated heterocycles. The van der Waals surface area contributed by atoms with Crippen molar-refractivity contribution in [1.29, 1.82) is 0 Å².